The van der Waals surface area contributed by atoms with Gasteiger partial charge >= 0.3 is 5.69 Å². The summed E-state index contributed by atoms with van der Waals surface area (Å²) in [6, 6.07) is 6.30. The van der Waals surface area contributed by atoms with Gasteiger partial charge in [0.1, 0.15) is 18.2 Å². The Kier molecular flexibility index (Phi) is 4.20. The first-order valence-electron chi connectivity index (χ1n) is 6.65. The van der Waals surface area contributed by atoms with Crippen LogP contribution in [0.4, 0.5) is 5.69 Å². The van der Waals surface area contributed by atoms with E-state index in [-0.39, 0.29) is 23.6 Å². The monoisotopic (exact) mass is 275 g/mol. The van der Waals surface area contributed by atoms with Crippen LogP contribution in [0.3, 0.4) is 0 Å². The molecule has 2 rings (SSSR count). The van der Waals surface area contributed by atoms with Gasteiger partial charge in [-0.25, -0.2) is 0 Å². The van der Waals surface area contributed by atoms with Crippen molar-refractivity contribution in [3.05, 3.63) is 33.9 Å². The standard InChI is InChI=1S/C14H17N3O3/c15-9-11-5-4-6-12(13(11)17(18)19)20-10-14(16)7-2-1-3-8-14/h4-6H,1-3,7-8,10,16H2. The van der Waals surface area contributed by atoms with Gasteiger partial charge in [-0.2, -0.15) is 5.26 Å². The molecule has 0 aromatic heterocycles. The predicted octanol–water partition coefficient (Wildman–Crippen LogP) is 2.51. The molecule has 1 fully saturated rings. The molecule has 1 aromatic rings. The molecule has 0 bridgehead atoms. The van der Waals surface area contributed by atoms with Gasteiger partial charge < -0.3 is 10.5 Å². The van der Waals surface area contributed by atoms with Crippen LogP contribution in [0.5, 0.6) is 5.75 Å². The number of rotatable bonds is 4. The van der Waals surface area contributed by atoms with Gasteiger partial charge in [0, 0.05) is 0 Å². The molecule has 0 aliphatic heterocycles. The van der Waals surface area contributed by atoms with Crippen LogP contribution in [0, 0.1) is 21.4 Å². The maximum Gasteiger partial charge on any atom is 0.328 e. The fourth-order valence-electron chi connectivity index (χ4n) is 2.54. The summed E-state index contributed by atoms with van der Waals surface area (Å²) in [5, 5.41) is 20.0. The number of ether oxygens (including phenoxy) is 1. The number of hydrogen-bond donors (Lipinski definition) is 1. The Labute approximate surface area is 117 Å². The van der Waals surface area contributed by atoms with E-state index in [0.717, 1.165) is 25.7 Å². The lowest BCUT2D eigenvalue weighted by atomic mass is 9.83. The van der Waals surface area contributed by atoms with Gasteiger partial charge in [0.15, 0.2) is 5.75 Å². The van der Waals surface area contributed by atoms with E-state index in [2.05, 4.69) is 0 Å². The third-order valence-corrected chi connectivity index (χ3v) is 3.67. The van der Waals surface area contributed by atoms with Crippen LogP contribution in [0.15, 0.2) is 18.2 Å². The highest BCUT2D eigenvalue weighted by molar-refractivity contribution is 5.57. The van der Waals surface area contributed by atoms with Crippen molar-refractivity contribution in [2.24, 2.45) is 5.73 Å². The lowest BCUT2D eigenvalue weighted by Gasteiger charge is -2.32. The van der Waals surface area contributed by atoms with Crippen molar-refractivity contribution in [3.63, 3.8) is 0 Å². The van der Waals surface area contributed by atoms with E-state index in [1.54, 1.807) is 6.07 Å². The zero-order valence-corrected chi connectivity index (χ0v) is 11.2. The summed E-state index contributed by atoms with van der Waals surface area (Å²) in [7, 11) is 0. The zero-order valence-electron chi connectivity index (χ0n) is 11.2. The summed E-state index contributed by atoms with van der Waals surface area (Å²) in [6.07, 6.45) is 5.00. The van der Waals surface area contributed by atoms with Gasteiger partial charge in [0.2, 0.25) is 0 Å². The number of para-hydroxylation sites is 1. The molecule has 106 valence electrons. The molecular weight excluding hydrogens is 258 g/mol. The summed E-state index contributed by atoms with van der Waals surface area (Å²) in [4.78, 5) is 10.5. The van der Waals surface area contributed by atoms with Crippen molar-refractivity contribution in [1.82, 2.24) is 0 Å². The Bertz CT molecular complexity index is 545. The maximum atomic E-state index is 11.1. The van der Waals surface area contributed by atoms with Crippen molar-refractivity contribution >= 4 is 5.69 Å². The Morgan fingerprint density at radius 1 is 1.40 bits per heavy atom. The molecule has 1 aliphatic rings. The molecule has 6 nitrogen and oxygen atoms in total. The van der Waals surface area contributed by atoms with E-state index in [1.807, 2.05) is 6.07 Å². The van der Waals surface area contributed by atoms with E-state index in [9.17, 15) is 10.1 Å². The Hall–Kier alpha value is -2.13. The highest BCUT2D eigenvalue weighted by Gasteiger charge is 2.30. The average molecular weight is 275 g/mol. The van der Waals surface area contributed by atoms with Crippen molar-refractivity contribution in [2.75, 3.05) is 6.61 Å². The van der Waals surface area contributed by atoms with Crippen LogP contribution in [0.2, 0.25) is 0 Å². The molecule has 2 N–H and O–H groups in total. The van der Waals surface area contributed by atoms with Gasteiger partial charge in [0.25, 0.3) is 0 Å². The zero-order chi connectivity index (χ0) is 14.6. The van der Waals surface area contributed by atoms with Crippen LogP contribution in [0.1, 0.15) is 37.7 Å². The number of hydrogen-bond acceptors (Lipinski definition) is 5. The highest BCUT2D eigenvalue weighted by Crippen LogP contribution is 2.32. The van der Waals surface area contributed by atoms with Crippen LogP contribution in [-0.4, -0.2) is 17.1 Å². The molecule has 1 saturated carbocycles. The lowest BCUT2D eigenvalue weighted by molar-refractivity contribution is -0.386. The number of nitriles is 1. The molecule has 0 saturated heterocycles. The smallest absolute Gasteiger partial charge is 0.328 e. The second kappa shape index (κ2) is 5.88. The van der Waals surface area contributed by atoms with E-state index in [1.165, 1.54) is 18.6 Å². The maximum absolute atomic E-state index is 11.1. The first-order chi connectivity index (χ1) is 9.56. The number of nitro benzene ring substituents is 1. The fraction of sp³-hybridized carbons (Fsp3) is 0.500. The van der Waals surface area contributed by atoms with Crippen LogP contribution >= 0.6 is 0 Å². The van der Waals surface area contributed by atoms with E-state index >= 15 is 0 Å². The summed E-state index contributed by atoms with van der Waals surface area (Å²) < 4.78 is 5.57. The summed E-state index contributed by atoms with van der Waals surface area (Å²) in [5.74, 6) is 0.115. The molecule has 1 aromatic carbocycles. The lowest BCUT2D eigenvalue weighted by Crippen LogP contribution is -2.47. The summed E-state index contributed by atoms with van der Waals surface area (Å²) >= 11 is 0. The molecule has 0 spiro atoms. The van der Waals surface area contributed by atoms with Crippen molar-refractivity contribution in [2.45, 2.75) is 37.6 Å². The number of nitrogens with two attached hydrogens (primary N) is 1. The van der Waals surface area contributed by atoms with Crippen molar-refractivity contribution in [3.8, 4) is 11.8 Å². The van der Waals surface area contributed by atoms with Gasteiger partial charge in [-0.3, -0.25) is 10.1 Å². The van der Waals surface area contributed by atoms with Gasteiger partial charge in [-0.05, 0) is 25.0 Å². The second-order valence-corrected chi connectivity index (χ2v) is 5.23. The molecule has 0 radical (unpaired) electrons. The summed E-state index contributed by atoms with van der Waals surface area (Å²) in [6.45, 7) is 0.239. The number of nitro groups is 1. The molecule has 0 atom stereocenters. The minimum atomic E-state index is -0.585. The Morgan fingerprint density at radius 3 is 2.70 bits per heavy atom. The van der Waals surface area contributed by atoms with Crippen molar-refractivity contribution < 1.29 is 9.66 Å². The number of benzene rings is 1. The van der Waals surface area contributed by atoms with E-state index in [4.69, 9.17) is 15.7 Å². The Balaban J connectivity index is 2.17. The molecular formula is C14H17N3O3. The Morgan fingerprint density at radius 2 is 2.10 bits per heavy atom. The van der Waals surface area contributed by atoms with Crippen LogP contribution in [-0.2, 0) is 0 Å². The molecule has 1 aliphatic carbocycles. The minimum absolute atomic E-state index is 0.00205. The first-order valence-corrected chi connectivity index (χ1v) is 6.65. The number of nitrogens with zero attached hydrogens (tertiary/aromatic N) is 2. The normalized spacial score (nSPS) is 17.2. The highest BCUT2D eigenvalue weighted by atomic mass is 16.6. The molecule has 6 heteroatoms. The molecule has 0 heterocycles. The first kappa shape index (κ1) is 14.3. The van der Waals surface area contributed by atoms with Gasteiger partial charge in [-0.15, -0.1) is 0 Å². The topological polar surface area (TPSA) is 102 Å². The molecule has 20 heavy (non-hydrogen) atoms. The second-order valence-electron chi connectivity index (χ2n) is 5.23. The SMILES string of the molecule is N#Cc1cccc(OCC2(N)CCCCC2)c1[N+](=O)[O-]. The quantitative estimate of drug-likeness (QED) is 0.671. The molecule has 0 amide bonds. The third-order valence-electron chi connectivity index (χ3n) is 3.67. The van der Waals surface area contributed by atoms with E-state index < -0.39 is 10.5 Å². The van der Waals surface area contributed by atoms with Crippen LogP contribution < -0.4 is 10.5 Å². The third kappa shape index (κ3) is 3.06. The summed E-state index contributed by atoms with van der Waals surface area (Å²) in [5.41, 5.74) is 5.54. The van der Waals surface area contributed by atoms with E-state index in [0.29, 0.717) is 0 Å². The average Bonchev–Trinajstić information content (AvgIpc) is 2.45. The fourth-order valence-corrected chi connectivity index (χ4v) is 2.54. The largest absolute Gasteiger partial charge is 0.485 e. The van der Waals surface area contributed by atoms with Crippen LogP contribution in [0.25, 0.3) is 0 Å². The predicted molar refractivity (Wildman–Crippen MR) is 73.3 cm³/mol. The van der Waals surface area contributed by atoms with Gasteiger partial charge in [0.05, 0.1) is 10.5 Å². The van der Waals surface area contributed by atoms with Gasteiger partial charge in [-0.1, -0.05) is 25.3 Å². The van der Waals surface area contributed by atoms with Crippen molar-refractivity contribution in [1.29, 1.82) is 5.26 Å². The minimum Gasteiger partial charge on any atom is -0.485 e. The molecule has 0 unspecified atom stereocenters.